The van der Waals surface area contributed by atoms with E-state index in [0.717, 1.165) is 28.6 Å². The molecule has 0 amide bonds. The Balaban J connectivity index is 1.44. The average molecular weight is 409 g/mol. The Morgan fingerprint density at radius 1 is 1.06 bits per heavy atom. The molecule has 3 nitrogen and oxygen atoms in total. The highest BCUT2D eigenvalue weighted by Gasteiger charge is 2.20. The molecule has 1 atom stereocenters. The minimum absolute atomic E-state index is 0.292. The summed E-state index contributed by atoms with van der Waals surface area (Å²) in [4.78, 5) is 2.43. The molecule has 4 heteroatoms. The molecule has 1 saturated heterocycles. The van der Waals surface area contributed by atoms with Gasteiger partial charge in [-0.3, -0.25) is 10.00 Å². The van der Waals surface area contributed by atoms with E-state index in [-0.39, 0.29) is 5.82 Å². The Morgan fingerprint density at radius 3 is 2.77 bits per heavy atom. The van der Waals surface area contributed by atoms with Gasteiger partial charge in [0.15, 0.2) is 0 Å². The van der Waals surface area contributed by atoms with Crippen LogP contribution in [0, 0.1) is 23.7 Å². The predicted octanol–water partition coefficient (Wildman–Crippen LogP) is 5.73. The second kappa shape index (κ2) is 8.37. The first-order chi connectivity index (χ1) is 15.2. The fourth-order valence-electron chi connectivity index (χ4n) is 4.28. The number of nitrogens with zero attached hydrogens (tertiary/aromatic N) is 2. The van der Waals surface area contributed by atoms with Crippen molar-refractivity contribution in [1.82, 2.24) is 15.1 Å². The van der Waals surface area contributed by atoms with E-state index in [4.69, 9.17) is 0 Å². The molecule has 3 aromatic carbocycles. The number of piperidine rings is 1. The van der Waals surface area contributed by atoms with Crippen molar-refractivity contribution in [3.63, 3.8) is 0 Å². The van der Waals surface area contributed by atoms with Gasteiger partial charge in [0.05, 0.1) is 5.52 Å². The minimum Gasteiger partial charge on any atom is -0.299 e. The largest absolute Gasteiger partial charge is 0.299 e. The van der Waals surface area contributed by atoms with Crippen LogP contribution < -0.4 is 0 Å². The first-order valence-corrected chi connectivity index (χ1v) is 10.7. The summed E-state index contributed by atoms with van der Waals surface area (Å²) in [5.74, 6) is 5.79. The lowest BCUT2D eigenvalue weighted by molar-refractivity contribution is 0.187. The van der Waals surface area contributed by atoms with Gasteiger partial charge in [-0.2, -0.15) is 5.10 Å². The van der Waals surface area contributed by atoms with E-state index in [1.165, 1.54) is 37.0 Å². The SMILES string of the molecule is CN1CCCCC1c1[c]cc(-c2ccc3[nH]nc(C#Cc4cccc(F)c4)c3c2)cc1. The Hall–Kier alpha value is -3.42. The van der Waals surface area contributed by atoms with Crippen LogP contribution in [0.3, 0.4) is 0 Å². The second-order valence-electron chi connectivity index (χ2n) is 8.12. The molecule has 1 N–H and O–H groups in total. The number of nitrogens with one attached hydrogen (secondary N) is 1. The fraction of sp³-hybridized carbons (Fsp3) is 0.222. The summed E-state index contributed by atoms with van der Waals surface area (Å²) < 4.78 is 13.4. The third-order valence-electron chi connectivity index (χ3n) is 6.01. The normalized spacial score (nSPS) is 16.8. The zero-order valence-electron chi connectivity index (χ0n) is 17.5. The van der Waals surface area contributed by atoms with Gasteiger partial charge in [-0.25, -0.2) is 4.39 Å². The van der Waals surface area contributed by atoms with Crippen molar-refractivity contribution in [3.8, 4) is 23.0 Å². The molecule has 0 saturated carbocycles. The lowest BCUT2D eigenvalue weighted by Gasteiger charge is -2.32. The molecule has 0 spiro atoms. The Kier molecular flexibility index (Phi) is 5.28. The highest BCUT2D eigenvalue weighted by molar-refractivity contribution is 5.88. The van der Waals surface area contributed by atoms with Crippen LogP contribution in [0.25, 0.3) is 22.0 Å². The van der Waals surface area contributed by atoms with Crippen molar-refractivity contribution in [2.45, 2.75) is 25.3 Å². The summed E-state index contributed by atoms with van der Waals surface area (Å²) in [7, 11) is 2.20. The van der Waals surface area contributed by atoms with E-state index in [9.17, 15) is 4.39 Å². The molecule has 0 bridgehead atoms. The molecule has 1 aliphatic heterocycles. The number of aromatic nitrogens is 2. The smallest absolute Gasteiger partial charge is 0.143 e. The van der Waals surface area contributed by atoms with Gasteiger partial charge < -0.3 is 0 Å². The molecule has 31 heavy (non-hydrogen) atoms. The lowest BCUT2D eigenvalue weighted by atomic mass is 9.94. The number of H-pyrrole nitrogens is 1. The van der Waals surface area contributed by atoms with E-state index >= 15 is 0 Å². The standard InChI is InChI=1S/C27H23FN3/c1-31-16-3-2-7-27(31)21-11-9-20(10-12-21)22-13-15-26-24(18-22)25(29-30-26)14-8-19-5-4-6-23(28)17-19/h4-6,9-11,13,15,17-18,27H,2-3,7,16H2,1H3,(H,29,30). The third kappa shape index (κ3) is 4.10. The Labute approximate surface area is 181 Å². The van der Waals surface area contributed by atoms with E-state index in [1.807, 2.05) is 6.07 Å². The van der Waals surface area contributed by atoms with E-state index in [2.05, 4.69) is 70.4 Å². The lowest BCUT2D eigenvalue weighted by Crippen LogP contribution is -2.29. The molecule has 1 radical (unpaired) electrons. The first-order valence-electron chi connectivity index (χ1n) is 10.7. The summed E-state index contributed by atoms with van der Waals surface area (Å²) in [6.07, 6.45) is 3.75. The highest BCUT2D eigenvalue weighted by atomic mass is 19.1. The summed E-state index contributed by atoms with van der Waals surface area (Å²) in [6, 6.07) is 22.9. The van der Waals surface area contributed by atoms with Gasteiger partial charge in [0.25, 0.3) is 0 Å². The molecule has 5 rings (SSSR count). The number of fused-ring (bicyclic) bond motifs is 1. The minimum atomic E-state index is -0.292. The van der Waals surface area contributed by atoms with Crippen LogP contribution >= 0.6 is 0 Å². The molecular weight excluding hydrogens is 385 g/mol. The van der Waals surface area contributed by atoms with Crippen LogP contribution in [0.5, 0.6) is 0 Å². The predicted molar refractivity (Wildman–Crippen MR) is 122 cm³/mol. The van der Waals surface area contributed by atoms with Crippen LogP contribution in [0.2, 0.25) is 0 Å². The first kappa shape index (κ1) is 19.5. The Morgan fingerprint density at radius 2 is 1.97 bits per heavy atom. The van der Waals surface area contributed by atoms with Gasteiger partial charge in [0, 0.05) is 17.0 Å². The quantitative estimate of drug-likeness (QED) is 0.430. The Bertz CT molecular complexity index is 1280. The number of halogens is 1. The van der Waals surface area contributed by atoms with E-state index in [1.54, 1.807) is 12.1 Å². The van der Waals surface area contributed by atoms with Crippen LogP contribution in [-0.2, 0) is 0 Å². The number of rotatable bonds is 2. The average Bonchev–Trinajstić information content (AvgIpc) is 3.20. The summed E-state index contributed by atoms with van der Waals surface area (Å²) >= 11 is 0. The summed E-state index contributed by atoms with van der Waals surface area (Å²) in [6.45, 7) is 1.15. The van der Waals surface area contributed by atoms with Crippen LogP contribution in [0.4, 0.5) is 4.39 Å². The second-order valence-corrected chi connectivity index (χ2v) is 8.12. The molecule has 1 aliphatic rings. The van der Waals surface area contributed by atoms with Crippen LogP contribution in [-0.4, -0.2) is 28.7 Å². The van der Waals surface area contributed by atoms with E-state index < -0.39 is 0 Å². The maximum Gasteiger partial charge on any atom is 0.143 e. The third-order valence-corrected chi connectivity index (χ3v) is 6.01. The molecule has 2 heterocycles. The molecule has 1 unspecified atom stereocenters. The number of likely N-dealkylation sites (tertiary alicyclic amines) is 1. The van der Waals surface area contributed by atoms with Gasteiger partial charge in [0.1, 0.15) is 11.5 Å². The van der Waals surface area contributed by atoms with Crippen LogP contribution in [0.15, 0.2) is 60.7 Å². The zero-order chi connectivity index (χ0) is 21.2. The van der Waals surface area contributed by atoms with Gasteiger partial charge in [-0.05, 0) is 91.5 Å². The number of aromatic amines is 1. The molecule has 1 fully saturated rings. The molecule has 0 aliphatic carbocycles. The highest BCUT2D eigenvalue weighted by Crippen LogP contribution is 2.31. The van der Waals surface area contributed by atoms with Gasteiger partial charge in [-0.1, -0.05) is 36.6 Å². The number of hydrogen-bond acceptors (Lipinski definition) is 2. The fourth-order valence-corrected chi connectivity index (χ4v) is 4.28. The summed E-state index contributed by atoms with van der Waals surface area (Å²) in [5.41, 5.74) is 5.70. The molecule has 153 valence electrons. The monoisotopic (exact) mass is 408 g/mol. The van der Waals surface area contributed by atoms with E-state index in [0.29, 0.717) is 17.3 Å². The van der Waals surface area contributed by atoms with Crippen molar-refractivity contribution in [3.05, 3.63) is 89.4 Å². The molecule has 4 aromatic rings. The van der Waals surface area contributed by atoms with Crippen molar-refractivity contribution in [2.75, 3.05) is 13.6 Å². The molecular formula is C27H23FN3. The number of hydrogen-bond donors (Lipinski definition) is 1. The van der Waals surface area contributed by atoms with Crippen molar-refractivity contribution in [1.29, 1.82) is 0 Å². The van der Waals surface area contributed by atoms with Crippen LogP contribution in [0.1, 0.15) is 42.1 Å². The van der Waals surface area contributed by atoms with Crippen molar-refractivity contribution < 1.29 is 4.39 Å². The maximum atomic E-state index is 13.4. The maximum absolute atomic E-state index is 13.4. The zero-order valence-corrected chi connectivity index (χ0v) is 17.5. The van der Waals surface area contributed by atoms with Gasteiger partial charge in [-0.15, -0.1) is 0 Å². The van der Waals surface area contributed by atoms with Crippen molar-refractivity contribution >= 4 is 10.9 Å². The van der Waals surface area contributed by atoms with Crippen molar-refractivity contribution in [2.24, 2.45) is 0 Å². The van der Waals surface area contributed by atoms with Gasteiger partial charge >= 0.3 is 0 Å². The summed E-state index contributed by atoms with van der Waals surface area (Å²) in [5, 5.41) is 8.33. The van der Waals surface area contributed by atoms with Gasteiger partial charge in [0.2, 0.25) is 0 Å². The number of benzene rings is 3. The molecule has 1 aromatic heterocycles. The topological polar surface area (TPSA) is 31.9 Å².